The number of aromatic nitrogens is 5. The molecule has 2 aromatic heterocycles. The molecule has 1 unspecified atom stereocenters. The molecule has 18 heavy (non-hydrogen) atoms. The Morgan fingerprint density at radius 1 is 1.39 bits per heavy atom. The molecule has 7 nitrogen and oxygen atoms in total. The highest BCUT2D eigenvalue weighted by atomic mass is 16.1. The van der Waals surface area contributed by atoms with Crippen LogP contribution < -0.4 is 11.0 Å². The average Bonchev–Trinajstić information content (AvgIpc) is 2.58. The van der Waals surface area contributed by atoms with Gasteiger partial charge < -0.3 is 5.32 Å². The van der Waals surface area contributed by atoms with Crippen molar-refractivity contribution in [2.45, 2.75) is 26.8 Å². The summed E-state index contributed by atoms with van der Waals surface area (Å²) < 4.78 is 1.47. The molecule has 0 aliphatic rings. The van der Waals surface area contributed by atoms with Gasteiger partial charge in [-0.05, 0) is 20.8 Å². The van der Waals surface area contributed by atoms with Gasteiger partial charge in [0.15, 0.2) is 5.82 Å². The van der Waals surface area contributed by atoms with E-state index >= 15 is 0 Å². The summed E-state index contributed by atoms with van der Waals surface area (Å²) in [6.07, 6.45) is 0. The maximum atomic E-state index is 11.3. The van der Waals surface area contributed by atoms with Crippen LogP contribution >= 0.6 is 0 Å². The zero-order valence-corrected chi connectivity index (χ0v) is 10.9. The lowest BCUT2D eigenvalue weighted by Gasteiger charge is -2.13. The predicted octanol–water partition coefficient (Wildman–Crippen LogP) is 0.688. The Kier molecular flexibility index (Phi) is 3.14. The molecule has 96 valence electrons. The van der Waals surface area contributed by atoms with Crippen molar-refractivity contribution in [2.75, 3.05) is 5.32 Å². The third kappa shape index (κ3) is 2.39. The SMILES string of the molecule is Cc1cc(NC(C)c2n[nH]c(=O)n2C)nc(C)n1. The first-order chi connectivity index (χ1) is 8.47. The van der Waals surface area contributed by atoms with Crippen LogP contribution in [-0.2, 0) is 7.05 Å². The quantitative estimate of drug-likeness (QED) is 0.834. The second-order valence-electron chi connectivity index (χ2n) is 4.25. The van der Waals surface area contributed by atoms with Gasteiger partial charge in [0, 0.05) is 18.8 Å². The van der Waals surface area contributed by atoms with Gasteiger partial charge in [0.25, 0.3) is 0 Å². The molecule has 1 atom stereocenters. The fraction of sp³-hybridized carbons (Fsp3) is 0.455. The molecule has 0 radical (unpaired) electrons. The second kappa shape index (κ2) is 4.59. The standard InChI is InChI=1S/C11H16N6O/c1-6-5-9(14-8(3)12-6)13-7(2)10-15-16-11(18)17(10)4/h5,7H,1-4H3,(H,16,18)(H,12,13,14). The first-order valence-electron chi connectivity index (χ1n) is 5.67. The highest BCUT2D eigenvalue weighted by Crippen LogP contribution is 2.14. The van der Waals surface area contributed by atoms with Gasteiger partial charge >= 0.3 is 5.69 Å². The highest BCUT2D eigenvalue weighted by molar-refractivity contribution is 5.37. The number of H-pyrrole nitrogens is 1. The molecule has 0 aliphatic heterocycles. The van der Waals surface area contributed by atoms with Crippen molar-refractivity contribution in [3.05, 3.63) is 33.9 Å². The van der Waals surface area contributed by atoms with E-state index in [1.165, 1.54) is 4.57 Å². The van der Waals surface area contributed by atoms with Gasteiger partial charge in [-0.25, -0.2) is 19.9 Å². The Bertz CT molecular complexity index is 594. The first kappa shape index (κ1) is 12.3. The molecule has 0 saturated carbocycles. The largest absolute Gasteiger partial charge is 0.360 e. The summed E-state index contributed by atoms with van der Waals surface area (Å²) in [7, 11) is 1.68. The smallest absolute Gasteiger partial charge is 0.343 e. The molecule has 2 heterocycles. The van der Waals surface area contributed by atoms with Crippen molar-refractivity contribution < 1.29 is 0 Å². The number of aromatic amines is 1. The molecule has 0 saturated heterocycles. The number of anilines is 1. The van der Waals surface area contributed by atoms with E-state index in [4.69, 9.17) is 0 Å². The van der Waals surface area contributed by atoms with E-state index in [-0.39, 0.29) is 11.7 Å². The maximum absolute atomic E-state index is 11.3. The van der Waals surface area contributed by atoms with E-state index in [0.29, 0.717) is 11.6 Å². The lowest BCUT2D eigenvalue weighted by Crippen LogP contribution is -2.19. The molecular weight excluding hydrogens is 232 g/mol. The van der Waals surface area contributed by atoms with E-state index in [0.717, 1.165) is 11.5 Å². The topological polar surface area (TPSA) is 88.5 Å². The van der Waals surface area contributed by atoms with E-state index < -0.39 is 0 Å². The number of nitrogens with one attached hydrogen (secondary N) is 2. The van der Waals surface area contributed by atoms with Crippen LogP contribution in [0.25, 0.3) is 0 Å². The number of hydrogen-bond acceptors (Lipinski definition) is 5. The summed E-state index contributed by atoms with van der Waals surface area (Å²) in [4.78, 5) is 19.8. The van der Waals surface area contributed by atoms with E-state index in [9.17, 15) is 4.79 Å². The molecule has 2 aromatic rings. The second-order valence-corrected chi connectivity index (χ2v) is 4.25. The Labute approximate surface area is 104 Å². The fourth-order valence-electron chi connectivity index (χ4n) is 1.82. The van der Waals surface area contributed by atoms with Crippen LogP contribution in [0.2, 0.25) is 0 Å². The molecule has 0 spiro atoms. The molecule has 2 N–H and O–H groups in total. The third-order valence-electron chi connectivity index (χ3n) is 2.63. The third-order valence-corrected chi connectivity index (χ3v) is 2.63. The molecule has 0 amide bonds. The van der Waals surface area contributed by atoms with Crippen LogP contribution in [0.3, 0.4) is 0 Å². The molecule has 0 aromatic carbocycles. The Morgan fingerprint density at radius 3 is 2.67 bits per heavy atom. The molecule has 0 bridgehead atoms. The van der Waals surface area contributed by atoms with E-state index in [2.05, 4.69) is 25.5 Å². The monoisotopic (exact) mass is 248 g/mol. The van der Waals surface area contributed by atoms with Gasteiger partial charge in [-0.1, -0.05) is 0 Å². The van der Waals surface area contributed by atoms with Crippen molar-refractivity contribution in [1.82, 2.24) is 24.7 Å². The Morgan fingerprint density at radius 2 is 2.11 bits per heavy atom. The summed E-state index contributed by atoms with van der Waals surface area (Å²) in [5.74, 6) is 2.07. The van der Waals surface area contributed by atoms with E-state index in [1.54, 1.807) is 7.05 Å². The van der Waals surface area contributed by atoms with Crippen LogP contribution in [0.5, 0.6) is 0 Å². The zero-order chi connectivity index (χ0) is 13.3. The van der Waals surface area contributed by atoms with Crippen LogP contribution in [0.4, 0.5) is 5.82 Å². The fourth-order valence-corrected chi connectivity index (χ4v) is 1.82. The van der Waals surface area contributed by atoms with Crippen molar-refractivity contribution in [2.24, 2.45) is 7.05 Å². The predicted molar refractivity (Wildman–Crippen MR) is 67.4 cm³/mol. The maximum Gasteiger partial charge on any atom is 0.343 e. The van der Waals surface area contributed by atoms with Gasteiger partial charge in [0.1, 0.15) is 11.6 Å². The number of rotatable bonds is 3. The van der Waals surface area contributed by atoms with Gasteiger partial charge in [-0.15, -0.1) is 0 Å². The first-order valence-corrected chi connectivity index (χ1v) is 5.67. The number of aryl methyl sites for hydroxylation is 2. The van der Waals surface area contributed by atoms with Gasteiger partial charge in [-0.3, -0.25) is 4.57 Å². The Balaban J connectivity index is 2.23. The molecule has 0 fully saturated rings. The summed E-state index contributed by atoms with van der Waals surface area (Å²) in [6.45, 7) is 5.67. The van der Waals surface area contributed by atoms with Crippen LogP contribution in [-0.4, -0.2) is 24.7 Å². The molecule has 2 rings (SSSR count). The van der Waals surface area contributed by atoms with Crippen LogP contribution in [0.1, 0.15) is 30.3 Å². The minimum absolute atomic E-state index is 0.123. The number of hydrogen-bond donors (Lipinski definition) is 2. The van der Waals surface area contributed by atoms with Crippen LogP contribution in [0.15, 0.2) is 10.9 Å². The minimum Gasteiger partial charge on any atom is -0.360 e. The van der Waals surface area contributed by atoms with Crippen molar-refractivity contribution in [1.29, 1.82) is 0 Å². The molecule has 7 heteroatoms. The molecular formula is C11H16N6O. The normalized spacial score (nSPS) is 12.4. The Hall–Kier alpha value is -2.18. The van der Waals surface area contributed by atoms with Crippen molar-refractivity contribution >= 4 is 5.82 Å². The zero-order valence-electron chi connectivity index (χ0n) is 10.9. The summed E-state index contributed by atoms with van der Waals surface area (Å²) >= 11 is 0. The van der Waals surface area contributed by atoms with E-state index in [1.807, 2.05) is 26.8 Å². The summed E-state index contributed by atoms with van der Waals surface area (Å²) in [5.41, 5.74) is 0.668. The average molecular weight is 248 g/mol. The van der Waals surface area contributed by atoms with Crippen molar-refractivity contribution in [3.8, 4) is 0 Å². The van der Waals surface area contributed by atoms with Crippen LogP contribution in [0, 0.1) is 13.8 Å². The lowest BCUT2D eigenvalue weighted by atomic mass is 10.3. The van der Waals surface area contributed by atoms with Crippen molar-refractivity contribution in [3.63, 3.8) is 0 Å². The lowest BCUT2D eigenvalue weighted by molar-refractivity contribution is 0.706. The minimum atomic E-state index is -0.228. The summed E-state index contributed by atoms with van der Waals surface area (Å²) in [6, 6.07) is 1.73. The number of nitrogens with zero attached hydrogens (tertiary/aromatic N) is 4. The van der Waals surface area contributed by atoms with Gasteiger partial charge in [-0.2, -0.15) is 5.10 Å². The summed E-state index contributed by atoms with van der Waals surface area (Å²) in [5, 5.41) is 9.59. The van der Waals surface area contributed by atoms with Gasteiger partial charge in [0.2, 0.25) is 0 Å². The molecule has 0 aliphatic carbocycles. The van der Waals surface area contributed by atoms with Gasteiger partial charge in [0.05, 0.1) is 6.04 Å². The highest BCUT2D eigenvalue weighted by Gasteiger charge is 2.13.